The van der Waals surface area contributed by atoms with Crippen LogP contribution < -0.4 is 10.2 Å². The van der Waals surface area contributed by atoms with Crippen LogP contribution in [0.4, 0.5) is 19.1 Å². The molecular formula is C27H33F3N8O. The molecule has 2 saturated heterocycles. The highest BCUT2D eigenvalue weighted by Crippen LogP contribution is 2.36. The highest BCUT2D eigenvalue weighted by atomic mass is 19.4. The second-order valence-electron chi connectivity index (χ2n) is 10.8. The summed E-state index contributed by atoms with van der Waals surface area (Å²) >= 11 is 0. The molecule has 5 heterocycles. The summed E-state index contributed by atoms with van der Waals surface area (Å²) in [5, 5.41) is 7.75. The van der Waals surface area contributed by atoms with Crippen LogP contribution in [0.3, 0.4) is 0 Å². The first kappa shape index (κ1) is 26.1. The van der Waals surface area contributed by atoms with Gasteiger partial charge in [-0.15, -0.1) is 0 Å². The number of fused-ring (bicyclic) bond motifs is 1. The van der Waals surface area contributed by atoms with Gasteiger partial charge in [-0.3, -0.25) is 4.68 Å². The molecule has 0 spiro atoms. The number of nitrogens with zero attached hydrogens (tertiary/aromatic N) is 7. The molecule has 9 nitrogen and oxygen atoms in total. The number of alkyl halides is 3. The Labute approximate surface area is 224 Å². The standard InChI is InChI=1S/C27H33F3N8O/c1-4-19(27(28,29)30)5-8-21-24-25(33-16(3)23(35-24)17-9-31-10-17)36-26(34-21)37-12-15(2)39-22(14-37)18-11-32-38(13-18)20-6-7-20/h4,11,13,15,17,20,22,31H,5-10,12,14H2,1-3H3/b19-4+. The largest absolute Gasteiger partial charge is 0.412 e. The second-order valence-corrected chi connectivity index (χ2v) is 10.8. The van der Waals surface area contributed by atoms with Crippen molar-refractivity contribution in [2.24, 2.45) is 0 Å². The first-order valence-electron chi connectivity index (χ1n) is 13.6. The normalized spacial score (nSPS) is 22.9. The maximum absolute atomic E-state index is 13.5. The number of nitrogens with one attached hydrogen (secondary N) is 1. The second kappa shape index (κ2) is 10.1. The van der Waals surface area contributed by atoms with E-state index >= 15 is 0 Å². The number of hydrogen-bond acceptors (Lipinski definition) is 8. The van der Waals surface area contributed by atoms with Gasteiger partial charge >= 0.3 is 6.18 Å². The molecule has 3 fully saturated rings. The molecule has 0 aromatic carbocycles. The Balaban J connectivity index is 1.35. The van der Waals surface area contributed by atoms with Crippen LogP contribution in [0.1, 0.15) is 73.8 Å². The van der Waals surface area contributed by atoms with Crippen LogP contribution in [-0.2, 0) is 11.2 Å². The van der Waals surface area contributed by atoms with Gasteiger partial charge in [-0.05, 0) is 46.5 Å². The summed E-state index contributed by atoms with van der Waals surface area (Å²) < 4.78 is 48.8. The average molecular weight is 543 g/mol. The van der Waals surface area contributed by atoms with Crippen molar-refractivity contribution in [3.8, 4) is 0 Å². The van der Waals surface area contributed by atoms with Crippen molar-refractivity contribution in [1.29, 1.82) is 0 Å². The van der Waals surface area contributed by atoms with Gasteiger partial charge in [0.2, 0.25) is 5.95 Å². The van der Waals surface area contributed by atoms with Gasteiger partial charge in [-0.25, -0.2) is 15.0 Å². The fourth-order valence-electron chi connectivity index (χ4n) is 5.33. The van der Waals surface area contributed by atoms with E-state index in [2.05, 4.69) is 10.4 Å². The fourth-order valence-corrected chi connectivity index (χ4v) is 5.33. The third kappa shape index (κ3) is 5.36. The number of anilines is 1. The Morgan fingerprint density at radius 3 is 2.62 bits per heavy atom. The number of aryl methyl sites for hydroxylation is 2. The van der Waals surface area contributed by atoms with E-state index in [1.807, 2.05) is 35.8 Å². The number of ether oxygens (including phenoxy) is 1. The van der Waals surface area contributed by atoms with Crippen molar-refractivity contribution in [3.63, 3.8) is 0 Å². The van der Waals surface area contributed by atoms with Crippen LogP contribution in [0.2, 0.25) is 0 Å². The van der Waals surface area contributed by atoms with Crippen molar-refractivity contribution < 1.29 is 17.9 Å². The minimum Gasteiger partial charge on any atom is -0.367 e. The summed E-state index contributed by atoms with van der Waals surface area (Å²) in [5.74, 6) is 0.668. The highest BCUT2D eigenvalue weighted by molar-refractivity contribution is 5.74. The average Bonchev–Trinajstić information content (AvgIpc) is 3.58. The molecule has 3 aromatic heterocycles. The lowest BCUT2D eigenvalue weighted by Crippen LogP contribution is -2.43. The Morgan fingerprint density at radius 1 is 1.15 bits per heavy atom. The van der Waals surface area contributed by atoms with Crippen molar-refractivity contribution in [2.75, 3.05) is 31.1 Å². The van der Waals surface area contributed by atoms with Crippen molar-refractivity contribution in [2.45, 2.75) is 76.8 Å². The lowest BCUT2D eigenvalue weighted by molar-refractivity contribution is -0.0940. The molecule has 39 heavy (non-hydrogen) atoms. The number of halogens is 3. The summed E-state index contributed by atoms with van der Waals surface area (Å²) in [6.07, 6.45) is 2.51. The van der Waals surface area contributed by atoms with Crippen LogP contribution in [0.15, 0.2) is 24.0 Å². The number of aromatic nitrogens is 6. The molecule has 3 aliphatic rings. The van der Waals surface area contributed by atoms with E-state index in [0.29, 0.717) is 41.9 Å². The van der Waals surface area contributed by atoms with Crippen LogP contribution in [0.25, 0.3) is 11.2 Å². The van der Waals surface area contributed by atoms with Gasteiger partial charge in [0.25, 0.3) is 0 Å². The van der Waals surface area contributed by atoms with E-state index < -0.39 is 11.7 Å². The first-order chi connectivity index (χ1) is 18.7. The van der Waals surface area contributed by atoms with Gasteiger partial charge in [0.15, 0.2) is 5.65 Å². The lowest BCUT2D eigenvalue weighted by atomic mass is 9.97. The Morgan fingerprint density at radius 2 is 1.95 bits per heavy atom. The minimum atomic E-state index is -4.39. The van der Waals surface area contributed by atoms with Gasteiger partial charge < -0.3 is 15.0 Å². The van der Waals surface area contributed by atoms with E-state index in [1.54, 1.807) is 0 Å². The van der Waals surface area contributed by atoms with Gasteiger partial charge in [-0.1, -0.05) is 6.08 Å². The summed E-state index contributed by atoms with van der Waals surface area (Å²) in [6, 6.07) is 0.475. The fraction of sp³-hybridized carbons (Fsp3) is 0.593. The van der Waals surface area contributed by atoms with Gasteiger partial charge in [0.05, 0.1) is 42.0 Å². The van der Waals surface area contributed by atoms with E-state index in [9.17, 15) is 13.2 Å². The van der Waals surface area contributed by atoms with E-state index in [-0.39, 0.29) is 31.0 Å². The Kier molecular flexibility index (Phi) is 6.78. The molecule has 2 aliphatic heterocycles. The van der Waals surface area contributed by atoms with Crippen LogP contribution in [-0.4, -0.2) is 68.2 Å². The summed E-state index contributed by atoms with van der Waals surface area (Å²) in [4.78, 5) is 21.3. The highest BCUT2D eigenvalue weighted by Gasteiger charge is 2.34. The smallest absolute Gasteiger partial charge is 0.367 e. The summed E-state index contributed by atoms with van der Waals surface area (Å²) in [7, 11) is 0. The zero-order valence-corrected chi connectivity index (χ0v) is 22.4. The van der Waals surface area contributed by atoms with Crippen molar-refractivity contribution in [1.82, 2.24) is 35.0 Å². The predicted molar refractivity (Wildman–Crippen MR) is 140 cm³/mol. The number of rotatable bonds is 7. The summed E-state index contributed by atoms with van der Waals surface area (Å²) in [6.45, 7) is 7.99. The molecule has 2 atom stereocenters. The SMILES string of the molecule is C/C=C(\CCc1nc(N2CC(C)OC(c3cnn(C4CC4)c3)C2)nc2nc(C)c(C3CNC3)nc12)C(F)(F)F. The van der Waals surface area contributed by atoms with Gasteiger partial charge in [-0.2, -0.15) is 23.3 Å². The molecule has 0 amide bonds. The lowest BCUT2D eigenvalue weighted by Gasteiger charge is -2.36. The van der Waals surface area contributed by atoms with Crippen molar-refractivity contribution in [3.05, 3.63) is 46.7 Å². The van der Waals surface area contributed by atoms with Crippen molar-refractivity contribution >= 4 is 17.1 Å². The molecule has 1 N–H and O–H groups in total. The molecule has 2 unspecified atom stereocenters. The van der Waals surface area contributed by atoms with E-state index in [4.69, 9.17) is 24.7 Å². The molecule has 0 bridgehead atoms. The molecule has 1 aliphatic carbocycles. The topological polar surface area (TPSA) is 93.9 Å². The number of allylic oxidation sites excluding steroid dienone is 2. The van der Waals surface area contributed by atoms with Crippen LogP contribution in [0, 0.1) is 6.92 Å². The maximum atomic E-state index is 13.5. The number of hydrogen-bond donors (Lipinski definition) is 1. The third-order valence-corrected chi connectivity index (χ3v) is 7.77. The van der Waals surface area contributed by atoms with Crippen LogP contribution in [0.5, 0.6) is 0 Å². The maximum Gasteiger partial charge on any atom is 0.412 e. The minimum absolute atomic E-state index is 0.0861. The molecule has 208 valence electrons. The molecule has 6 rings (SSSR count). The van der Waals surface area contributed by atoms with Gasteiger partial charge in [0, 0.05) is 42.9 Å². The zero-order chi connectivity index (χ0) is 27.3. The molecule has 12 heteroatoms. The molecule has 0 radical (unpaired) electrons. The Bertz CT molecular complexity index is 1400. The molecule has 3 aromatic rings. The van der Waals surface area contributed by atoms with E-state index in [0.717, 1.165) is 49.0 Å². The van der Waals surface area contributed by atoms with E-state index in [1.165, 1.54) is 6.92 Å². The summed E-state index contributed by atoms with van der Waals surface area (Å²) in [5.41, 5.74) is 3.44. The van der Waals surface area contributed by atoms with Crippen LogP contribution >= 0.6 is 0 Å². The van der Waals surface area contributed by atoms with Gasteiger partial charge in [0.1, 0.15) is 11.6 Å². The Hall–Kier alpha value is -3.12. The monoisotopic (exact) mass is 542 g/mol. The first-order valence-corrected chi connectivity index (χ1v) is 13.6. The molecule has 1 saturated carbocycles. The predicted octanol–water partition coefficient (Wildman–Crippen LogP) is 4.35. The molecular weight excluding hydrogens is 509 g/mol. The zero-order valence-electron chi connectivity index (χ0n) is 22.4. The number of morpholine rings is 1. The quantitative estimate of drug-likeness (QED) is 0.441. The third-order valence-electron chi connectivity index (χ3n) is 7.77.